The predicted octanol–water partition coefficient (Wildman–Crippen LogP) is 1.25. The molecule has 68 valence electrons. The minimum Gasteiger partial charge on any atom is -0.356 e. The fraction of sp³-hybridized carbons (Fsp3) is 0.400. The molecule has 1 aliphatic heterocycles. The minimum atomic E-state index is 0.368. The van der Waals surface area contributed by atoms with Gasteiger partial charge in [0, 0.05) is 32.1 Å². The SMILES string of the molecule is O=C1CCN(c2ccccn2)CC1. The van der Waals surface area contributed by atoms with E-state index in [-0.39, 0.29) is 0 Å². The van der Waals surface area contributed by atoms with Gasteiger partial charge in [0.2, 0.25) is 0 Å². The molecule has 0 radical (unpaired) electrons. The number of nitrogens with zero attached hydrogens (tertiary/aromatic N) is 2. The Morgan fingerprint density at radius 2 is 2.00 bits per heavy atom. The number of hydrogen-bond acceptors (Lipinski definition) is 3. The summed E-state index contributed by atoms with van der Waals surface area (Å²) in [5, 5.41) is 0. The molecule has 0 N–H and O–H groups in total. The van der Waals surface area contributed by atoms with Crippen LogP contribution in [-0.2, 0) is 4.79 Å². The van der Waals surface area contributed by atoms with Gasteiger partial charge >= 0.3 is 0 Å². The van der Waals surface area contributed by atoms with E-state index in [1.807, 2.05) is 18.2 Å². The van der Waals surface area contributed by atoms with Crippen molar-refractivity contribution >= 4 is 11.6 Å². The van der Waals surface area contributed by atoms with Crippen LogP contribution < -0.4 is 4.90 Å². The molecule has 0 aliphatic carbocycles. The van der Waals surface area contributed by atoms with Crippen LogP contribution in [0.5, 0.6) is 0 Å². The zero-order valence-corrected chi connectivity index (χ0v) is 7.44. The predicted molar refractivity (Wildman–Crippen MR) is 50.7 cm³/mol. The van der Waals surface area contributed by atoms with Crippen LogP contribution in [0.1, 0.15) is 12.8 Å². The second-order valence-electron chi connectivity index (χ2n) is 3.21. The lowest BCUT2D eigenvalue weighted by molar-refractivity contribution is -0.119. The van der Waals surface area contributed by atoms with Gasteiger partial charge in [-0.1, -0.05) is 6.07 Å². The van der Waals surface area contributed by atoms with Crippen molar-refractivity contribution in [1.82, 2.24) is 4.98 Å². The normalized spacial score (nSPS) is 17.5. The average molecular weight is 176 g/mol. The molecule has 0 unspecified atom stereocenters. The number of carbonyl (C=O) groups is 1. The third-order valence-electron chi connectivity index (χ3n) is 2.29. The van der Waals surface area contributed by atoms with E-state index >= 15 is 0 Å². The molecular weight excluding hydrogens is 164 g/mol. The lowest BCUT2D eigenvalue weighted by Crippen LogP contribution is -2.34. The minimum absolute atomic E-state index is 0.368. The summed E-state index contributed by atoms with van der Waals surface area (Å²) in [5.74, 6) is 1.35. The highest BCUT2D eigenvalue weighted by molar-refractivity contribution is 5.80. The van der Waals surface area contributed by atoms with E-state index in [1.165, 1.54) is 0 Å². The first-order valence-corrected chi connectivity index (χ1v) is 4.54. The summed E-state index contributed by atoms with van der Waals surface area (Å²) >= 11 is 0. The molecule has 3 heteroatoms. The van der Waals surface area contributed by atoms with Crippen molar-refractivity contribution in [2.75, 3.05) is 18.0 Å². The Morgan fingerprint density at radius 3 is 2.62 bits per heavy atom. The number of anilines is 1. The maximum absolute atomic E-state index is 11.0. The highest BCUT2D eigenvalue weighted by Gasteiger charge is 2.16. The summed E-state index contributed by atoms with van der Waals surface area (Å²) < 4.78 is 0. The number of ketones is 1. The van der Waals surface area contributed by atoms with E-state index in [4.69, 9.17) is 0 Å². The fourth-order valence-corrected chi connectivity index (χ4v) is 1.53. The number of rotatable bonds is 1. The molecule has 2 rings (SSSR count). The maximum atomic E-state index is 11.0. The summed E-state index contributed by atoms with van der Waals surface area (Å²) in [6.07, 6.45) is 3.11. The second-order valence-corrected chi connectivity index (χ2v) is 3.21. The van der Waals surface area contributed by atoms with Gasteiger partial charge in [0.05, 0.1) is 0 Å². The van der Waals surface area contributed by atoms with Crippen molar-refractivity contribution in [2.24, 2.45) is 0 Å². The molecule has 13 heavy (non-hydrogen) atoms. The standard InChI is InChI=1S/C10H12N2O/c13-9-4-7-12(8-5-9)10-3-1-2-6-11-10/h1-3,6H,4-5,7-8H2. The number of carbonyl (C=O) groups excluding carboxylic acids is 1. The Balaban J connectivity index is 2.07. The van der Waals surface area contributed by atoms with Crippen molar-refractivity contribution in [3.05, 3.63) is 24.4 Å². The van der Waals surface area contributed by atoms with Gasteiger partial charge < -0.3 is 4.90 Å². The Kier molecular flexibility index (Phi) is 2.25. The molecule has 1 saturated heterocycles. The van der Waals surface area contributed by atoms with Crippen LogP contribution in [0.2, 0.25) is 0 Å². The molecule has 1 aromatic heterocycles. The van der Waals surface area contributed by atoms with Crippen molar-refractivity contribution in [3.8, 4) is 0 Å². The third kappa shape index (κ3) is 1.86. The number of hydrogen-bond donors (Lipinski definition) is 0. The Morgan fingerprint density at radius 1 is 1.23 bits per heavy atom. The molecule has 1 aliphatic rings. The summed E-state index contributed by atoms with van der Waals surface area (Å²) in [4.78, 5) is 17.4. The molecule has 2 heterocycles. The van der Waals surface area contributed by atoms with E-state index in [2.05, 4.69) is 9.88 Å². The van der Waals surface area contributed by atoms with E-state index in [9.17, 15) is 4.79 Å². The van der Waals surface area contributed by atoms with E-state index in [1.54, 1.807) is 6.20 Å². The first-order chi connectivity index (χ1) is 6.36. The Bertz CT molecular complexity index is 287. The molecule has 0 aromatic carbocycles. The number of Topliss-reactive ketones (excluding diaryl/α,β-unsaturated/α-hetero) is 1. The van der Waals surface area contributed by atoms with Gasteiger partial charge in [0.25, 0.3) is 0 Å². The lowest BCUT2D eigenvalue weighted by Gasteiger charge is -2.26. The van der Waals surface area contributed by atoms with Crippen LogP contribution in [0.25, 0.3) is 0 Å². The second kappa shape index (κ2) is 3.56. The number of piperidine rings is 1. The molecule has 1 fully saturated rings. The van der Waals surface area contributed by atoms with E-state index < -0.39 is 0 Å². The Labute approximate surface area is 77.4 Å². The van der Waals surface area contributed by atoms with Gasteiger partial charge in [-0.15, -0.1) is 0 Å². The molecule has 0 amide bonds. The van der Waals surface area contributed by atoms with Crippen LogP contribution in [-0.4, -0.2) is 23.9 Å². The highest BCUT2D eigenvalue weighted by Crippen LogP contribution is 2.14. The average Bonchev–Trinajstić information content (AvgIpc) is 2.20. The van der Waals surface area contributed by atoms with Gasteiger partial charge in [0.15, 0.2) is 0 Å². The van der Waals surface area contributed by atoms with Crippen LogP contribution in [0.15, 0.2) is 24.4 Å². The lowest BCUT2D eigenvalue weighted by atomic mass is 10.1. The smallest absolute Gasteiger partial charge is 0.136 e. The van der Waals surface area contributed by atoms with E-state index in [0.717, 1.165) is 18.9 Å². The number of aromatic nitrogens is 1. The zero-order chi connectivity index (χ0) is 9.10. The molecule has 0 spiro atoms. The zero-order valence-electron chi connectivity index (χ0n) is 7.44. The quantitative estimate of drug-likeness (QED) is 0.645. The van der Waals surface area contributed by atoms with Crippen molar-refractivity contribution in [3.63, 3.8) is 0 Å². The molecule has 0 saturated carbocycles. The molecule has 3 nitrogen and oxygen atoms in total. The van der Waals surface area contributed by atoms with Gasteiger partial charge in [-0.2, -0.15) is 0 Å². The van der Waals surface area contributed by atoms with Crippen molar-refractivity contribution < 1.29 is 4.79 Å². The van der Waals surface area contributed by atoms with Gasteiger partial charge in [-0.05, 0) is 12.1 Å². The third-order valence-corrected chi connectivity index (χ3v) is 2.29. The van der Waals surface area contributed by atoms with E-state index in [0.29, 0.717) is 18.6 Å². The number of pyridine rings is 1. The topological polar surface area (TPSA) is 33.2 Å². The summed E-state index contributed by atoms with van der Waals surface area (Å²) in [6.45, 7) is 1.63. The maximum Gasteiger partial charge on any atom is 0.136 e. The highest BCUT2D eigenvalue weighted by atomic mass is 16.1. The monoisotopic (exact) mass is 176 g/mol. The summed E-state index contributed by atoms with van der Waals surface area (Å²) in [6, 6.07) is 5.85. The van der Waals surface area contributed by atoms with Crippen LogP contribution in [0, 0.1) is 0 Å². The molecule has 0 atom stereocenters. The summed E-state index contributed by atoms with van der Waals surface area (Å²) in [7, 11) is 0. The van der Waals surface area contributed by atoms with Gasteiger partial charge in [0.1, 0.15) is 11.6 Å². The first kappa shape index (κ1) is 8.23. The molecular formula is C10H12N2O. The fourth-order valence-electron chi connectivity index (χ4n) is 1.53. The van der Waals surface area contributed by atoms with Crippen LogP contribution in [0.4, 0.5) is 5.82 Å². The van der Waals surface area contributed by atoms with Crippen molar-refractivity contribution in [1.29, 1.82) is 0 Å². The van der Waals surface area contributed by atoms with Crippen LogP contribution in [0.3, 0.4) is 0 Å². The van der Waals surface area contributed by atoms with Gasteiger partial charge in [-0.25, -0.2) is 4.98 Å². The molecule has 1 aromatic rings. The van der Waals surface area contributed by atoms with Gasteiger partial charge in [-0.3, -0.25) is 4.79 Å². The molecule has 0 bridgehead atoms. The van der Waals surface area contributed by atoms with Crippen molar-refractivity contribution in [2.45, 2.75) is 12.8 Å². The summed E-state index contributed by atoms with van der Waals surface area (Å²) in [5.41, 5.74) is 0. The Hall–Kier alpha value is -1.38. The first-order valence-electron chi connectivity index (χ1n) is 4.54. The van der Waals surface area contributed by atoms with Crippen LogP contribution >= 0.6 is 0 Å². The largest absolute Gasteiger partial charge is 0.356 e.